The van der Waals surface area contributed by atoms with Crippen LogP contribution in [0.1, 0.15) is 35.9 Å². The van der Waals surface area contributed by atoms with Gasteiger partial charge >= 0.3 is 0 Å². The molecular weight excluding hydrogens is 324 g/mol. The quantitative estimate of drug-likeness (QED) is 0.930. The van der Waals surface area contributed by atoms with E-state index in [0.29, 0.717) is 5.13 Å². The van der Waals surface area contributed by atoms with Gasteiger partial charge in [0, 0.05) is 24.9 Å². The molecule has 0 spiro atoms. The molecule has 0 fully saturated rings. The number of carbonyl (C=O) groups excluding carboxylic acids is 2. The molecule has 1 aromatic heterocycles. The van der Waals surface area contributed by atoms with Crippen LogP contribution in [0.2, 0.25) is 0 Å². The van der Waals surface area contributed by atoms with Gasteiger partial charge < -0.3 is 10.2 Å². The van der Waals surface area contributed by atoms with E-state index in [9.17, 15) is 18.4 Å². The highest BCUT2D eigenvalue weighted by molar-refractivity contribution is 7.14. The summed E-state index contributed by atoms with van der Waals surface area (Å²) in [5.41, 5.74) is 0.211. The summed E-state index contributed by atoms with van der Waals surface area (Å²) in [4.78, 5) is 28.7. The SMILES string of the molecule is CC(=O)Nc1nc(C(=O)N(C)[C@@H](C)c2cc(F)ccc2F)cs1. The molecule has 0 unspecified atom stereocenters. The van der Waals surface area contributed by atoms with Crippen molar-refractivity contribution in [3.8, 4) is 0 Å². The van der Waals surface area contributed by atoms with Crippen molar-refractivity contribution in [3.63, 3.8) is 0 Å². The number of nitrogens with zero attached hydrogens (tertiary/aromatic N) is 2. The molecule has 5 nitrogen and oxygen atoms in total. The van der Waals surface area contributed by atoms with Crippen molar-refractivity contribution >= 4 is 28.3 Å². The third-order valence-electron chi connectivity index (χ3n) is 3.32. The van der Waals surface area contributed by atoms with Crippen molar-refractivity contribution in [2.24, 2.45) is 0 Å². The van der Waals surface area contributed by atoms with Gasteiger partial charge in [0.15, 0.2) is 5.13 Å². The van der Waals surface area contributed by atoms with Crippen molar-refractivity contribution in [2.45, 2.75) is 19.9 Å². The minimum Gasteiger partial charge on any atom is -0.333 e. The highest BCUT2D eigenvalue weighted by Gasteiger charge is 2.23. The molecule has 23 heavy (non-hydrogen) atoms. The molecule has 1 atom stereocenters. The molecule has 2 rings (SSSR count). The standard InChI is InChI=1S/C15H15F2N3O2S/c1-8(11-6-10(16)4-5-12(11)17)20(3)14(22)13-7-23-15(19-13)18-9(2)21/h4-8H,1-3H3,(H,18,19,21)/t8-/m0/s1. The van der Waals surface area contributed by atoms with E-state index in [1.165, 1.54) is 24.3 Å². The molecule has 1 aromatic carbocycles. The largest absolute Gasteiger partial charge is 0.333 e. The van der Waals surface area contributed by atoms with Gasteiger partial charge in [-0.15, -0.1) is 11.3 Å². The Hall–Kier alpha value is -2.35. The molecule has 0 radical (unpaired) electrons. The summed E-state index contributed by atoms with van der Waals surface area (Å²) in [6.07, 6.45) is 0. The van der Waals surface area contributed by atoms with Crippen molar-refractivity contribution in [3.05, 3.63) is 46.5 Å². The van der Waals surface area contributed by atoms with Crippen LogP contribution in [0.5, 0.6) is 0 Å². The second-order valence-corrected chi connectivity index (χ2v) is 5.84. The average molecular weight is 339 g/mol. The van der Waals surface area contributed by atoms with Crippen LogP contribution in [-0.4, -0.2) is 28.7 Å². The third-order valence-corrected chi connectivity index (χ3v) is 4.07. The zero-order valence-corrected chi connectivity index (χ0v) is 13.6. The summed E-state index contributed by atoms with van der Waals surface area (Å²) in [6.45, 7) is 2.93. The Kier molecular flexibility index (Phi) is 5.05. The first-order chi connectivity index (χ1) is 10.8. The molecule has 0 bridgehead atoms. The van der Waals surface area contributed by atoms with Gasteiger partial charge in [-0.2, -0.15) is 0 Å². The van der Waals surface area contributed by atoms with E-state index in [-0.39, 0.29) is 17.2 Å². The summed E-state index contributed by atoms with van der Waals surface area (Å²) < 4.78 is 27.1. The highest BCUT2D eigenvalue weighted by Crippen LogP contribution is 2.25. The summed E-state index contributed by atoms with van der Waals surface area (Å²) >= 11 is 1.11. The first kappa shape index (κ1) is 17.0. The molecular formula is C15H15F2N3O2S. The van der Waals surface area contributed by atoms with Gasteiger partial charge in [-0.05, 0) is 25.1 Å². The lowest BCUT2D eigenvalue weighted by atomic mass is 10.1. The van der Waals surface area contributed by atoms with E-state index in [0.717, 1.165) is 29.5 Å². The minimum absolute atomic E-state index is 0.0816. The maximum atomic E-state index is 13.8. The molecule has 0 saturated heterocycles. The molecule has 2 aromatic rings. The van der Waals surface area contributed by atoms with Crippen molar-refractivity contribution in [1.82, 2.24) is 9.88 Å². The van der Waals surface area contributed by atoms with E-state index in [4.69, 9.17) is 0 Å². The summed E-state index contributed by atoms with van der Waals surface area (Å²) in [5.74, 6) is -1.90. The second kappa shape index (κ2) is 6.82. The maximum Gasteiger partial charge on any atom is 0.273 e. The maximum absolute atomic E-state index is 13.8. The average Bonchev–Trinajstić information content (AvgIpc) is 2.95. The number of anilines is 1. The number of aromatic nitrogens is 1. The van der Waals surface area contributed by atoms with Crippen LogP contribution in [0.25, 0.3) is 0 Å². The Morgan fingerprint density at radius 2 is 2.04 bits per heavy atom. The second-order valence-electron chi connectivity index (χ2n) is 4.98. The normalized spacial score (nSPS) is 11.9. The van der Waals surface area contributed by atoms with Gasteiger partial charge in [0.1, 0.15) is 17.3 Å². The lowest BCUT2D eigenvalue weighted by Crippen LogP contribution is -2.30. The van der Waals surface area contributed by atoms with Crippen LogP contribution in [0.15, 0.2) is 23.6 Å². The molecule has 0 aliphatic rings. The van der Waals surface area contributed by atoms with Gasteiger partial charge in [-0.1, -0.05) is 0 Å². The summed E-state index contributed by atoms with van der Waals surface area (Å²) in [6, 6.07) is 2.43. The molecule has 0 aliphatic heterocycles. The number of nitrogens with one attached hydrogen (secondary N) is 1. The molecule has 2 amide bonds. The number of rotatable bonds is 4. The summed E-state index contributed by atoms with van der Waals surface area (Å²) in [5, 5.41) is 4.29. The van der Waals surface area contributed by atoms with Crippen LogP contribution in [0, 0.1) is 11.6 Å². The number of carbonyl (C=O) groups is 2. The summed E-state index contributed by atoms with van der Waals surface area (Å²) in [7, 11) is 1.48. The lowest BCUT2D eigenvalue weighted by Gasteiger charge is -2.25. The van der Waals surface area contributed by atoms with E-state index in [1.54, 1.807) is 6.92 Å². The predicted molar refractivity (Wildman–Crippen MR) is 83.3 cm³/mol. The first-order valence-electron chi connectivity index (χ1n) is 6.75. The molecule has 8 heteroatoms. The third kappa shape index (κ3) is 3.89. The Labute approximate surface area is 136 Å². The smallest absolute Gasteiger partial charge is 0.273 e. The fourth-order valence-corrected chi connectivity index (χ4v) is 2.71. The first-order valence-corrected chi connectivity index (χ1v) is 7.62. The zero-order chi connectivity index (χ0) is 17.1. The lowest BCUT2D eigenvalue weighted by molar-refractivity contribution is -0.114. The topological polar surface area (TPSA) is 62.3 Å². The van der Waals surface area contributed by atoms with Crippen LogP contribution in [0.3, 0.4) is 0 Å². The molecule has 1 heterocycles. The van der Waals surface area contributed by atoms with E-state index in [2.05, 4.69) is 10.3 Å². The van der Waals surface area contributed by atoms with Gasteiger partial charge in [0.2, 0.25) is 5.91 Å². The van der Waals surface area contributed by atoms with E-state index >= 15 is 0 Å². The fourth-order valence-electron chi connectivity index (χ4n) is 1.98. The van der Waals surface area contributed by atoms with Gasteiger partial charge in [-0.3, -0.25) is 9.59 Å². The number of hydrogen-bond acceptors (Lipinski definition) is 4. The van der Waals surface area contributed by atoms with Gasteiger partial charge in [0.25, 0.3) is 5.91 Å². The van der Waals surface area contributed by atoms with Crippen LogP contribution in [-0.2, 0) is 4.79 Å². The number of halogens is 2. The van der Waals surface area contributed by atoms with Crippen molar-refractivity contribution < 1.29 is 18.4 Å². The minimum atomic E-state index is -0.677. The van der Waals surface area contributed by atoms with Gasteiger partial charge in [0.05, 0.1) is 6.04 Å². The van der Waals surface area contributed by atoms with Crippen molar-refractivity contribution in [2.75, 3.05) is 12.4 Å². The molecule has 122 valence electrons. The number of amides is 2. The Balaban J connectivity index is 2.20. The number of thiazole rings is 1. The molecule has 0 saturated carbocycles. The number of benzene rings is 1. The monoisotopic (exact) mass is 339 g/mol. The van der Waals surface area contributed by atoms with Crippen LogP contribution < -0.4 is 5.32 Å². The van der Waals surface area contributed by atoms with E-state index in [1.807, 2.05) is 0 Å². The number of hydrogen-bond donors (Lipinski definition) is 1. The predicted octanol–water partition coefficient (Wildman–Crippen LogP) is 3.21. The molecule has 1 N–H and O–H groups in total. The zero-order valence-electron chi connectivity index (χ0n) is 12.8. The van der Waals surface area contributed by atoms with Gasteiger partial charge in [-0.25, -0.2) is 13.8 Å². The van der Waals surface area contributed by atoms with E-state index < -0.39 is 23.6 Å². The Bertz CT molecular complexity index is 748. The van der Waals surface area contributed by atoms with Crippen molar-refractivity contribution in [1.29, 1.82) is 0 Å². The molecule has 0 aliphatic carbocycles. The fraction of sp³-hybridized carbons (Fsp3) is 0.267. The Morgan fingerprint density at radius 3 is 2.70 bits per heavy atom. The van der Waals surface area contributed by atoms with Crippen LogP contribution in [0.4, 0.5) is 13.9 Å². The van der Waals surface area contributed by atoms with Crippen LogP contribution >= 0.6 is 11.3 Å². The highest BCUT2D eigenvalue weighted by atomic mass is 32.1. The Morgan fingerprint density at radius 1 is 1.35 bits per heavy atom.